The molecule has 1 aromatic carbocycles. The molecule has 0 bridgehead atoms. The Kier molecular flexibility index (Phi) is 5.66. The fourth-order valence-electron chi connectivity index (χ4n) is 3.86. The minimum absolute atomic E-state index is 0.269. The molecule has 0 aromatic heterocycles. The van der Waals surface area contributed by atoms with E-state index < -0.39 is 5.97 Å². The van der Waals surface area contributed by atoms with Gasteiger partial charge in [0.15, 0.2) is 0 Å². The second kappa shape index (κ2) is 7.30. The van der Waals surface area contributed by atoms with Gasteiger partial charge in [-0.3, -0.25) is 4.79 Å². The molecule has 0 saturated heterocycles. The van der Waals surface area contributed by atoms with Gasteiger partial charge < -0.3 is 5.11 Å². The van der Waals surface area contributed by atoms with Gasteiger partial charge in [-0.1, -0.05) is 45.0 Å². The Morgan fingerprint density at radius 2 is 1.77 bits per heavy atom. The van der Waals surface area contributed by atoms with Gasteiger partial charge in [0.05, 0.1) is 0 Å². The Morgan fingerprint density at radius 3 is 2.36 bits per heavy atom. The van der Waals surface area contributed by atoms with Crippen molar-refractivity contribution in [1.29, 1.82) is 0 Å². The monoisotopic (exact) mass is 302 g/mol. The summed E-state index contributed by atoms with van der Waals surface area (Å²) in [7, 11) is 0. The van der Waals surface area contributed by atoms with Crippen LogP contribution in [0.2, 0.25) is 0 Å². The minimum Gasteiger partial charge on any atom is -0.481 e. The topological polar surface area (TPSA) is 37.3 Å². The molecule has 0 unspecified atom stereocenters. The third-order valence-corrected chi connectivity index (χ3v) is 5.28. The predicted octanol–water partition coefficient (Wildman–Crippen LogP) is 5.41. The molecular weight excluding hydrogens is 272 g/mol. The molecule has 0 amide bonds. The van der Waals surface area contributed by atoms with E-state index >= 15 is 0 Å². The van der Waals surface area contributed by atoms with Gasteiger partial charge in [0, 0.05) is 6.42 Å². The lowest BCUT2D eigenvalue weighted by Crippen LogP contribution is -2.25. The molecule has 0 radical (unpaired) electrons. The van der Waals surface area contributed by atoms with Crippen molar-refractivity contribution >= 4 is 5.97 Å². The molecule has 0 atom stereocenters. The Hall–Kier alpha value is -1.31. The van der Waals surface area contributed by atoms with Crippen LogP contribution in [0.4, 0.5) is 0 Å². The van der Waals surface area contributed by atoms with Crippen molar-refractivity contribution in [2.75, 3.05) is 0 Å². The number of hydrogen-bond acceptors (Lipinski definition) is 1. The summed E-state index contributed by atoms with van der Waals surface area (Å²) in [5.41, 5.74) is 3.26. The highest BCUT2D eigenvalue weighted by Gasteiger charge is 2.30. The van der Waals surface area contributed by atoms with E-state index in [1.165, 1.54) is 36.8 Å². The molecule has 1 N–H and O–H groups in total. The van der Waals surface area contributed by atoms with Gasteiger partial charge in [0.1, 0.15) is 0 Å². The summed E-state index contributed by atoms with van der Waals surface area (Å²) in [5.74, 6) is 0.811. The van der Waals surface area contributed by atoms with Crippen molar-refractivity contribution in [1.82, 2.24) is 0 Å². The Labute approximate surface area is 134 Å². The van der Waals surface area contributed by atoms with Crippen LogP contribution in [0, 0.1) is 11.3 Å². The summed E-state index contributed by atoms with van der Waals surface area (Å²) in [4.78, 5) is 10.7. The van der Waals surface area contributed by atoms with Crippen molar-refractivity contribution < 1.29 is 9.90 Å². The summed E-state index contributed by atoms with van der Waals surface area (Å²) in [6, 6.07) is 8.66. The Bertz CT molecular complexity index is 491. The summed E-state index contributed by atoms with van der Waals surface area (Å²) in [6.45, 7) is 7.08. The van der Waals surface area contributed by atoms with Gasteiger partial charge >= 0.3 is 5.97 Å². The van der Waals surface area contributed by atoms with Gasteiger partial charge in [0.2, 0.25) is 0 Å². The third kappa shape index (κ3) is 4.59. The smallest absolute Gasteiger partial charge is 0.303 e. The van der Waals surface area contributed by atoms with Crippen LogP contribution in [-0.2, 0) is 11.2 Å². The van der Waals surface area contributed by atoms with E-state index in [1.54, 1.807) is 0 Å². The summed E-state index contributed by atoms with van der Waals surface area (Å²) in [5, 5.41) is 8.81. The zero-order chi connectivity index (χ0) is 16.2. The molecule has 1 saturated carbocycles. The number of hydrogen-bond donors (Lipinski definition) is 1. The highest BCUT2D eigenvalue weighted by Crippen LogP contribution is 2.43. The molecule has 0 aliphatic heterocycles. The lowest BCUT2D eigenvalue weighted by molar-refractivity contribution is -0.137. The van der Waals surface area contributed by atoms with Gasteiger partial charge in [-0.05, 0) is 66.9 Å². The molecule has 22 heavy (non-hydrogen) atoms. The van der Waals surface area contributed by atoms with E-state index in [-0.39, 0.29) is 6.42 Å². The predicted molar refractivity (Wildman–Crippen MR) is 91.2 cm³/mol. The van der Waals surface area contributed by atoms with Crippen molar-refractivity contribution in [3.63, 3.8) is 0 Å². The van der Waals surface area contributed by atoms with Crippen LogP contribution in [0.25, 0.3) is 0 Å². The number of rotatable bonds is 5. The number of aryl methyl sites for hydroxylation is 1. The van der Waals surface area contributed by atoms with Gasteiger partial charge in [0.25, 0.3) is 0 Å². The third-order valence-electron chi connectivity index (χ3n) is 5.28. The molecule has 1 aliphatic carbocycles. The van der Waals surface area contributed by atoms with Gasteiger partial charge in [-0.2, -0.15) is 0 Å². The van der Waals surface area contributed by atoms with Crippen LogP contribution in [-0.4, -0.2) is 11.1 Å². The average Bonchev–Trinajstić information content (AvgIpc) is 2.47. The van der Waals surface area contributed by atoms with Crippen LogP contribution in [0.15, 0.2) is 24.3 Å². The summed E-state index contributed by atoms with van der Waals surface area (Å²) < 4.78 is 0. The van der Waals surface area contributed by atoms with Crippen LogP contribution in [0.1, 0.15) is 76.3 Å². The van der Waals surface area contributed by atoms with Gasteiger partial charge in [-0.25, -0.2) is 0 Å². The Balaban J connectivity index is 1.99. The first kappa shape index (κ1) is 17.1. The SMILES string of the molecule is CC(C)(C)C1CCC(c2ccccc2CCCC(=O)O)CC1. The number of carboxylic acid groups (broad SMARTS) is 1. The normalized spacial score (nSPS) is 22.5. The lowest BCUT2D eigenvalue weighted by atomic mass is 9.68. The second-order valence-electron chi connectivity index (χ2n) is 7.86. The number of carboxylic acids is 1. The molecule has 2 heteroatoms. The molecule has 1 aliphatic rings. The molecule has 0 spiro atoms. The van der Waals surface area contributed by atoms with E-state index in [9.17, 15) is 4.79 Å². The van der Waals surface area contributed by atoms with Crippen molar-refractivity contribution in [3.05, 3.63) is 35.4 Å². The van der Waals surface area contributed by atoms with Crippen LogP contribution < -0.4 is 0 Å². The van der Waals surface area contributed by atoms with Crippen molar-refractivity contribution in [2.45, 2.75) is 71.6 Å². The molecular formula is C20H30O2. The zero-order valence-electron chi connectivity index (χ0n) is 14.3. The van der Waals surface area contributed by atoms with E-state index in [0.29, 0.717) is 11.3 Å². The summed E-state index contributed by atoms with van der Waals surface area (Å²) >= 11 is 0. The fraction of sp³-hybridized carbons (Fsp3) is 0.650. The molecule has 0 heterocycles. The molecule has 2 nitrogen and oxygen atoms in total. The van der Waals surface area contributed by atoms with Crippen molar-refractivity contribution in [2.24, 2.45) is 11.3 Å². The molecule has 1 fully saturated rings. The summed E-state index contributed by atoms with van der Waals surface area (Å²) in [6.07, 6.45) is 7.08. The average molecular weight is 302 g/mol. The number of carbonyl (C=O) groups is 1. The van der Waals surface area contributed by atoms with Crippen molar-refractivity contribution in [3.8, 4) is 0 Å². The minimum atomic E-state index is -0.692. The molecule has 122 valence electrons. The quantitative estimate of drug-likeness (QED) is 0.789. The maximum atomic E-state index is 10.7. The number of aliphatic carboxylic acids is 1. The Morgan fingerprint density at radius 1 is 1.14 bits per heavy atom. The molecule has 1 aromatic rings. The van der Waals surface area contributed by atoms with Crippen LogP contribution >= 0.6 is 0 Å². The van der Waals surface area contributed by atoms with Gasteiger partial charge in [-0.15, -0.1) is 0 Å². The van der Waals surface area contributed by atoms with E-state index in [4.69, 9.17) is 5.11 Å². The standard InChI is InChI=1S/C20H30O2/c1-20(2,3)17-13-11-16(12-14-17)18-9-5-4-7-15(18)8-6-10-19(21)22/h4-5,7,9,16-17H,6,8,10-14H2,1-3H3,(H,21,22). The van der Waals surface area contributed by atoms with Crippen LogP contribution in [0.3, 0.4) is 0 Å². The highest BCUT2D eigenvalue weighted by atomic mass is 16.4. The maximum absolute atomic E-state index is 10.7. The fourth-order valence-corrected chi connectivity index (χ4v) is 3.86. The lowest BCUT2D eigenvalue weighted by Gasteiger charge is -2.37. The highest BCUT2D eigenvalue weighted by molar-refractivity contribution is 5.66. The van der Waals surface area contributed by atoms with E-state index in [2.05, 4.69) is 45.0 Å². The van der Waals surface area contributed by atoms with E-state index in [1.807, 2.05) is 0 Å². The zero-order valence-corrected chi connectivity index (χ0v) is 14.3. The first-order valence-corrected chi connectivity index (χ1v) is 8.67. The van der Waals surface area contributed by atoms with Crippen LogP contribution in [0.5, 0.6) is 0 Å². The number of benzene rings is 1. The maximum Gasteiger partial charge on any atom is 0.303 e. The second-order valence-corrected chi connectivity index (χ2v) is 7.86. The largest absolute Gasteiger partial charge is 0.481 e. The van der Waals surface area contributed by atoms with E-state index in [0.717, 1.165) is 18.8 Å². The first-order valence-electron chi connectivity index (χ1n) is 8.67. The molecule has 2 rings (SSSR count). The first-order chi connectivity index (χ1) is 10.4.